The van der Waals surface area contributed by atoms with Crippen LogP contribution >= 0.6 is 0 Å². The summed E-state index contributed by atoms with van der Waals surface area (Å²) < 4.78 is 0. The van der Waals surface area contributed by atoms with Gasteiger partial charge in [-0.2, -0.15) is 0 Å². The molecule has 2 amide bonds. The summed E-state index contributed by atoms with van der Waals surface area (Å²) in [5, 5.41) is 2.95. The lowest BCUT2D eigenvalue weighted by Gasteiger charge is -2.29. The van der Waals surface area contributed by atoms with Crippen molar-refractivity contribution in [1.82, 2.24) is 10.2 Å². The number of carbonyl (C=O) groups is 2. The highest BCUT2D eigenvalue weighted by molar-refractivity contribution is 5.79. The third-order valence-electron chi connectivity index (χ3n) is 3.60. The van der Waals surface area contributed by atoms with Crippen LogP contribution in [0.25, 0.3) is 0 Å². The zero-order chi connectivity index (χ0) is 13.5. The summed E-state index contributed by atoms with van der Waals surface area (Å²) in [6.07, 6.45) is 3.30. The molecule has 0 aromatic rings. The van der Waals surface area contributed by atoms with Crippen molar-refractivity contribution in [3.8, 4) is 0 Å². The minimum atomic E-state index is -0.336. The van der Waals surface area contributed by atoms with E-state index < -0.39 is 0 Å². The van der Waals surface area contributed by atoms with Gasteiger partial charge >= 0.3 is 0 Å². The average Bonchev–Trinajstić information content (AvgIpc) is 2.33. The van der Waals surface area contributed by atoms with Gasteiger partial charge in [-0.05, 0) is 38.8 Å². The molecule has 0 bridgehead atoms. The molecule has 0 radical (unpaired) electrons. The van der Waals surface area contributed by atoms with Crippen LogP contribution in [-0.2, 0) is 9.59 Å². The second-order valence-corrected chi connectivity index (χ2v) is 5.42. The molecule has 1 saturated heterocycles. The van der Waals surface area contributed by atoms with Crippen molar-refractivity contribution >= 4 is 11.8 Å². The number of hydrogen-bond donors (Lipinski definition) is 2. The lowest BCUT2D eigenvalue weighted by molar-refractivity contribution is -0.123. The zero-order valence-electron chi connectivity index (χ0n) is 11.4. The van der Waals surface area contributed by atoms with E-state index in [0.29, 0.717) is 18.8 Å². The second-order valence-electron chi connectivity index (χ2n) is 5.42. The third-order valence-corrected chi connectivity index (χ3v) is 3.60. The quantitative estimate of drug-likeness (QED) is 0.719. The topological polar surface area (TPSA) is 75.4 Å². The molecule has 1 aliphatic rings. The summed E-state index contributed by atoms with van der Waals surface area (Å²) in [7, 11) is 2.11. The van der Waals surface area contributed by atoms with E-state index in [0.717, 1.165) is 19.6 Å². The third kappa shape index (κ3) is 5.49. The molecule has 1 rings (SSSR count). The highest BCUT2D eigenvalue weighted by Gasteiger charge is 2.18. The molecule has 0 saturated carbocycles. The summed E-state index contributed by atoms with van der Waals surface area (Å²) in [6, 6.07) is 0. The SMILES string of the molecule is CC(CCC(=O)NC[C@@H]1CCCN(C)C1)C(N)=O. The van der Waals surface area contributed by atoms with Crippen LogP contribution in [0.15, 0.2) is 0 Å². The molecule has 2 atom stereocenters. The summed E-state index contributed by atoms with van der Waals surface area (Å²) in [5.74, 6) is 0.0193. The summed E-state index contributed by atoms with van der Waals surface area (Å²) >= 11 is 0. The molecule has 1 aliphatic heterocycles. The van der Waals surface area contributed by atoms with Crippen LogP contribution in [-0.4, -0.2) is 43.4 Å². The number of primary amides is 1. The Morgan fingerprint density at radius 1 is 1.50 bits per heavy atom. The normalized spacial score (nSPS) is 22.4. The number of likely N-dealkylation sites (tertiary alicyclic amines) is 1. The Kier molecular flexibility index (Phi) is 6.12. The van der Waals surface area contributed by atoms with Crippen LogP contribution in [0.3, 0.4) is 0 Å². The van der Waals surface area contributed by atoms with Gasteiger partial charge in [0.2, 0.25) is 11.8 Å². The smallest absolute Gasteiger partial charge is 0.220 e. The Morgan fingerprint density at radius 2 is 2.22 bits per heavy atom. The first kappa shape index (κ1) is 15.0. The van der Waals surface area contributed by atoms with E-state index in [-0.39, 0.29) is 17.7 Å². The molecule has 3 N–H and O–H groups in total. The van der Waals surface area contributed by atoms with Crippen LogP contribution in [0.2, 0.25) is 0 Å². The molecule has 5 heteroatoms. The van der Waals surface area contributed by atoms with Crippen molar-refractivity contribution in [1.29, 1.82) is 0 Å². The van der Waals surface area contributed by atoms with Crippen LogP contribution in [0, 0.1) is 11.8 Å². The van der Waals surface area contributed by atoms with Crippen LogP contribution in [0.4, 0.5) is 0 Å². The molecule has 0 spiro atoms. The molecule has 18 heavy (non-hydrogen) atoms. The molecule has 1 unspecified atom stereocenters. The van der Waals surface area contributed by atoms with Crippen LogP contribution in [0.1, 0.15) is 32.6 Å². The first-order valence-electron chi connectivity index (χ1n) is 6.73. The Hall–Kier alpha value is -1.10. The monoisotopic (exact) mass is 255 g/mol. The van der Waals surface area contributed by atoms with Gasteiger partial charge in [0.05, 0.1) is 0 Å². The molecule has 5 nitrogen and oxygen atoms in total. The van der Waals surface area contributed by atoms with Crippen LogP contribution in [0.5, 0.6) is 0 Å². The molecule has 104 valence electrons. The van der Waals surface area contributed by atoms with Crippen LogP contribution < -0.4 is 11.1 Å². The van der Waals surface area contributed by atoms with E-state index in [4.69, 9.17) is 5.73 Å². The molecule has 0 aromatic carbocycles. The maximum atomic E-state index is 11.6. The molecule has 1 fully saturated rings. The lowest BCUT2D eigenvalue weighted by Crippen LogP contribution is -2.39. The van der Waals surface area contributed by atoms with Gasteiger partial charge in [0.25, 0.3) is 0 Å². The van der Waals surface area contributed by atoms with Gasteiger partial charge in [-0.1, -0.05) is 6.92 Å². The molecule has 1 heterocycles. The molecular weight excluding hydrogens is 230 g/mol. The first-order valence-corrected chi connectivity index (χ1v) is 6.73. The fourth-order valence-corrected chi connectivity index (χ4v) is 2.28. The number of amides is 2. The number of carbonyl (C=O) groups excluding carboxylic acids is 2. The Bertz CT molecular complexity index is 294. The molecule has 0 aliphatic carbocycles. The van der Waals surface area contributed by atoms with Crippen molar-refractivity contribution in [2.75, 3.05) is 26.7 Å². The predicted molar refractivity (Wildman–Crippen MR) is 70.8 cm³/mol. The number of nitrogens with zero attached hydrogens (tertiary/aromatic N) is 1. The first-order chi connectivity index (χ1) is 8.49. The van der Waals surface area contributed by atoms with Gasteiger partial charge in [-0.15, -0.1) is 0 Å². The van der Waals surface area contributed by atoms with E-state index in [1.54, 1.807) is 6.92 Å². The average molecular weight is 255 g/mol. The maximum absolute atomic E-state index is 11.6. The predicted octanol–water partition coefficient (Wildman–Crippen LogP) is 0.346. The van der Waals surface area contributed by atoms with E-state index in [9.17, 15) is 9.59 Å². The Balaban J connectivity index is 2.14. The summed E-state index contributed by atoms with van der Waals surface area (Å²) in [5.41, 5.74) is 5.15. The minimum absolute atomic E-state index is 0.0244. The van der Waals surface area contributed by atoms with Gasteiger partial charge in [-0.3, -0.25) is 9.59 Å². The fraction of sp³-hybridized carbons (Fsp3) is 0.846. The van der Waals surface area contributed by atoms with Crippen molar-refractivity contribution in [3.05, 3.63) is 0 Å². The van der Waals surface area contributed by atoms with Crippen molar-refractivity contribution in [2.45, 2.75) is 32.6 Å². The number of hydrogen-bond acceptors (Lipinski definition) is 3. The Morgan fingerprint density at radius 3 is 2.83 bits per heavy atom. The van der Waals surface area contributed by atoms with Gasteiger partial charge < -0.3 is 16.0 Å². The zero-order valence-corrected chi connectivity index (χ0v) is 11.4. The van der Waals surface area contributed by atoms with Crippen molar-refractivity contribution < 1.29 is 9.59 Å². The maximum Gasteiger partial charge on any atom is 0.220 e. The van der Waals surface area contributed by atoms with Gasteiger partial charge in [-0.25, -0.2) is 0 Å². The van der Waals surface area contributed by atoms with Crippen molar-refractivity contribution in [2.24, 2.45) is 17.6 Å². The largest absolute Gasteiger partial charge is 0.369 e. The number of rotatable bonds is 6. The highest BCUT2D eigenvalue weighted by atomic mass is 16.2. The number of nitrogens with two attached hydrogens (primary N) is 1. The second kappa shape index (κ2) is 7.36. The van der Waals surface area contributed by atoms with E-state index in [1.165, 1.54) is 12.8 Å². The lowest BCUT2D eigenvalue weighted by atomic mass is 9.98. The van der Waals surface area contributed by atoms with E-state index in [2.05, 4.69) is 17.3 Å². The number of piperidine rings is 1. The highest BCUT2D eigenvalue weighted by Crippen LogP contribution is 2.14. The molecule has 0 aromatic heterocycles. The summed E-state index contributed by atoms with van der Waals surface area (Å²) in [6.45, 7) is 4.71. The van der Waals surface area contributed by atoms with E-state index >= 15 is 0 Å². The number of nitrogens with one attached hydrogen (secondary N) is 1. The standard InChI is InChI=1S/C13H25N3O2/c1-10(13(14)18)5-6-12(17)15-8-11-4-3-7-16(2)9-11/h10-11H,3-9H2,1-2H3,(H2,14,18)(H,15,17)/t10?,11-/m0/s1. The fourth-order valence-electron chi connectivity index (χ4n) is 2.28. The van der Waals surface area contributed by atoms with Gasteiger partial charge in [0, 0.05) is 25.4 Å². The van der Waals surface area contributed by atoms with Gasteiger partial charge in [0.15, 0.2) is 0 Å². The van der Waals surface area contributed by atoms with Gasteiger partial charge in [0.1, 0.15) is 0 Å². The van der Waals surface area contributed by atoms with E-state index in [1.807, 2.05) is 0 Å². The Labute approximate surface area is 109 Å². The minimum Gasteiger partial charge on any atom is -0.369 e. The van der Waals surface area contributed by atoms with Crippen molar-refractivity contribution in [3.63, 3.8) is 0 Å². The molecular formula is C13H25N3O2. The summed E-state index contributed by atoms with van der Waals surface area (Å²) in [4.78, 5) is 24.8.